The van der Waals surface area contributed by atoms with E-state index in [1.807, 2.05) is 13.8 Å². The van der Waals surface area contributed by atoms with E-state index < -0.39 is 12.0 Å². The molecule has 88 valence electrons. The standard InChI is InChI=1S/C11H22N2O2/c1-7(2)5-10(11(14)15)13-9-4-3-8(12)6-9/h7-10,13H,3-6,12H2,1-2H3,(H,14,15). The average Bonchev–Trinajstić information content (AvgIpc) is 2.49. The van der Waals surface area contributed by atoms with E-state index in [0.717, 1.165) is 19.3 Å². The van der Waals surface area contributed by atoms with Crippen LogP contribution in [0.25, 0.3) is 0 Å². The summed E-state index contributed by atoms with van der Waals surface area (Å²) in [4.78, 5) is 11.0. The molecule has 0 amide bonds. The third-order valence-corrected chi connectivity index (χ3v) is 2.92. The second-order valence-electron chi connectivity index (χ2n) is 4.96. The van der Waals surface area contributed by atoms with Crippen LogP contribution in [0.2, 0.25) is 0 Å². The van der Waals surface area contributed by atoms with Gasteiger partial charge < -0.3 is 16.2 Å². The number of hydrogen-bond donors (Lipinski definition) is 3. The molecule has 0 saturated heterocycles. The molecule has 4 nitrogen and oxygen atoms in total. The molecule has 3 unspecified atom stereocenters. The van der Waals surface area contributed by atoms with E-state index >= 15 is 0 Å². The van der Waals surface area contributed by atoms with Gasteiger partial charge in [0.05, 0.1) is 0 Å². The van der Waals surface area contributed by atoms with Crippen LogP contribution in [0.4, 0.5) is 0 Å². The van der Waals surface area contributed by atoms with Crippen molar-refractivity contribution in [1.82, 2.24) is 5.32 Å². The van der Waals surface area contributed by atoms with Crippen molar-refractivity contribution in [3.8, 4) is 0 Å². The summed E-state index contributed by atoms with van der Waals surface area (Å²) in [6, 6.07) is 0.121. The van der Waals surface area contributed by atoms with Crippen molar-refractivity contribution < 1.29 is 9.90 Å². The third-order valence-electron chi connectivity index (χ3n) is 2.92. The first kappa shape index (κ1) is 12.5. The van der Waals surface area contributed by atoms with Crippen LogP contribution in [0.1, 0.15) is 39.5 Å². The molecule has 3 atom stereocenters. The third kappa shape index (κ3) is 4.18. The molecule has 15 heavy (non-hydrogen) atoms. The molecule has 0 aromatic rings. The summed E-state index contributed by atoms with van der Waals surface area (Å²) >= 11 is 0. The van der Waals surface area contributed by atoms with Gasteiger partial charge >= 0.3 is 5.97 Å². The maximum Gasteiger partial charge on any atom is 0.320 e. The fourth-order valence-electron chi connectivity index (χ4n) is 2.16. The van der Waals surface area contributed by atoms with Crippen molar-refractivity contribution >= 4 is 5.97 Å². The average molecular weight is 214 g/mol. The molecule has 1 fully saturated rings. The number of carboxylic acid groups (broad SMARTS) is 1. The summed E-state index contributed by atoms with van der Waals surface area (Å²) in [5.74, 6) is -0.349. The van der Waals surface area contributed by atoms with Gasteiger partial charge in [0.15, 0.2) is 0 Å². The Balaban J connectivity index is 2.40. The summed E-state index contributed by atoms with van der Waals surface area (Å²) in [5, 5.41) is 12.3. The molecule has 4 heteroatoms. The quantitative estimate of drug-likeness (QED) is 0.637. The monoisotopic (exact) mass is 214 g/mol. The van der Waals surface area contributed by atoms with Crippen LogP contribution < -0.4 is 11.1 Å². The van der Waals surface area contributed by atoms with E-state index in [2.05, 4.69) is 5.32 Å². The molecule has 1 aliphatic carbocycles. The summed E-state index contributed by atoms with van der Waals surface area (Å²) in [6.07, 6.45) is 3.59. The minimum absolute atomic E-state index is 0.246. The first-order valence-corrected chi connectivity index (χ1v) is 5.73. The molecule has 1 rings (SSSR count). The van der Waals surface area contributed by atoms with Gasteiger partial charge in [0.25, 0.3) is 0 Å². The van der Waals surface area contributed by atoms with Crippen LogP contribution in [-0.4, -0.2) is 29.2 Å². The Morgan fingerprint density at radius 3 is 2.60 bits per heavy atom. The Hall–Kier alpha value is -0.610. The highest BCUT2D eigenvalue weighted by molar-refractivity contribution is 5.73. The van der Waals surface area contributed by atoms with Gasteiger partial charge in [-0.25, -0.2) is 0 Å². The predicted octanol–water partition coefficient (Wildman–Crippen LogP) is 0.955. The summed E-state index contributed by atoms with van der Waals surface area (Å²) in [6.45, 7) is 4.08. The summed E-state index contributed by atoms with van der Waals surface area (Å²) < 4.78 is 0. The zero-order chi connectivity index (χ0) is 11.4. The largest absolute Gasteiger partial charge is 0.480 e. The second kappa shape index (κ2) is 5.47. The van der Waals surface area contributed by atoms with Crippen LogP contribution in [0, 0.1) is 5.92 Å². The van der Waals surface area contributed by atoms with Gasteiger partial charge in [-0.1, -0.05) is 13.8 Å². The van der Waals surface area contributed by atoms with Gasteiger partial charge in [-0.2, -0.15) is 0 Å². The first-order chi connectivity index (χ1) is 6.99. The van der Waals surface area contributed by atoms with Crippen molar-refractivity contribution in [2.75, 3.05) is 0 Å². The van der Waals surface area contributed by atoms with Crippen molar-refractivity contribution in [1.29, 1.82) is 0 Å². The lowest BCUT2D eigenvalue weighted by atomic mass is 10.0. The highest BCUT2D eigenvalue weighted by Crippen LogP contribution is 2.18. The molecule has 0 aliphatic heterocycles. The Bertz CT molecular complexity index is 219. The van der Waals surface area contributed by atoms with Gasteiger partial charge in [-0.3, -0.25) is 4.79 Å². The Kier molecular flexibility index (Phi) is 4.54. The van der Waals surface area contributed by atoms with Crippen molar-refractivity contribution in [3.63, 3.8) is 0 Å². The Labute approximate surface area is 91.2 Å². The molecule has 0 radical (unpaired) electrons. The van der Waals surface area contributed by atoms with Gasteiger partial charge in [-0.15, -0.1) is 0 Å². The van der Waals surface area contributed by atoms with Crippen LogP contribution in [0.15, 0.2) is 0 Å². The smallest absolute Gasteiger partial charge is 0.320 e. The SMILES string of the molecule is CC(C)CC(NC1CCC(N)C1)C(=O)O. The number of nitrogens with two attached hydrogens (primary N) is 1. The van der Waals surface area contributed by atoms with Gasteiger partial charge in [0, 0.05) is 12.1 Å². The number of aliphatic carboxylic acids is 1. The molecule has 0 aromatic carbocycles. The second-order valence-corrected chi connectivity index (χ2v) is 4.96. The lowest BCUT2D eigenvalue weighted by Crippen LogP contribution is -2.43. The number of carbonyl (C=O) groups is 1. The van der Waals surface area contributed by atoms with E-state index in [1.54, 1.807) is 0 Å². The lowest BCUT2D eigenvalue weighted by molar-refractivity contribution is -0.140. The maximum absolute atomic E-state index is 11.0. The minimum atomic E-state index is -0.746. The summed E-state index contributed by atoms with van der Waals surface area (Å²) in [7, 11) is 0. The van der Waals surface area contributed by atoms with Crippen LogP contribution in [0.5, 0.6) is 0 Å². The van der Waals surface area contributed by atoms with Gasteiger partial charge in [0.2, 0.25) is 0 Å². The lowest BCUT2D eigenvalue weighted by Gasteiger charge is -2.21. The van der Waals surface area contributed by atoms with E-state index in [-0.39, 0.29) is 6.04 Å². The van der Waals surface area contributed by atoms with Crippen LogP contribution >= 0.6 is 0 Å². The summed E-state index contributed by atoms with van der Waals surface area (Å²) in [5.41, 5.74) is 5.79. The molecular formula is C11H22N2O2. The molecule has 4 N–H and O–H groups in total. The topological polar surface area (TPSA) is 75.3 Å². The van der Waals surface area contributed by atoms with Crippen LogP contribution in [-0.2, 0) is 4.79 Å². The molecular weight excluding hydrogens is 192 g/mol. The minimum Gasteiger partial charge on any atom is -0.480 e. The number of rotatable bonds is 5. The van der Waals surface area contributed by atoms with Gasteiger partial charge in [-0.05, 0) is 31.6 Å². The molecule has 1 aliphatic rings. The molecule has 1 saturated carbocycles. The molecule has 0 spiro atoms. The first-order valence-electron chi connectivity index (χ1n) is 5.73. The van der Waals surface area contributed by atoms with E-state index in [4.69, 9.17) is 10.8 Å². The zero-order valence-electron chi connectivity index (χ0n) is 9.57. The highest BCUT2D eigenvalue weighted by atomic mass is 16.4. The Morgan fingerprint density at radius 1 is 1.53 bits per heavy atom. The Morgan fingerprint density at radius 2 is 2.20 bits per heavy atom. The fraction of sp³-hybridized carbons (Fsp3) is 0.909. The number of carboxylic acids is 1. The number of hydrogen-bond acceptors (Lipinski definition) is 3. The molecule has 0 aromatic heterocycles. The maximum atomic E-state index is 11.0. The predicted molar refractivity (Wildman–Crippen MR) is 59.6 cm³/mol. The molecule has 0 heterocycles. The van der Waals surface area contributed by atoms with Crippen molar-refractivity contribution in [2.24, 2.45) is 11.7 Å². The van der Waals surface area contributed by atoms with E-state index in [9.17, 15) is 4.79 Å². The van der Waals surface area contributed by atoms with Gasteiger partial charge in [0.1, 0.15) is 6.04 Å². The fourth-order valence-corrected chi connectivity index (χ4v) is 2.16. The van der Waals surface area contributed by atoms with E-state index in [0.29, 0.717) is 18.4 Å². The zero-order valence-corrected chi connectivity index (χ0v) is 9.57. The normalized spacial score (nSPS) is 28.3. The van der Waals surface area contributed by atoms with Crippen molar-refractivity contribution in [3.05, 3.63) is 0 Å². The highest BCUT2D eigenvalue weighted by Gasteiger charge is 2.27. The van der Waals surface area contributed by atoms with Crippen molar-refractivity contribution in [2.45, 2.75) is 57.7 Å². The van der Waals surface area contributed by atoms with Crippen LogP contribution in [0.3, 0.4) is 0 Å². The number of nitrogens with one attached hydrogen (secondary N) is 1. The van der Waals surface area contributed by atoms with E-state index in [1.165, 1.54) is 0 Å². The molecule has 0 bridgehead atoms.